The van der Waals surface area contributed by atoms with Crippen molar-refractivity contribution < 1.29 is 9.53 Å². The van der Waals surface area contributed by atoms with Gasteiger partial charge in [-0.25, -0.2) is 0 Å². The van der Waals surface area contributed by atoms with Gasteiger partial charge in [0, 0.05) is 10.6 Å². The predicted octanol–water partition coefficient (Wildman–Crippen LogP) is 4.57. The Morgan fingerprint density at radius 2 is 1.58 bits per heavy atom. The normalized spacial score (nSPS) is 14.0. The van der Waals surface area contributed by atoms with E-state index in [2.05, 4.69) is 56.4 Å². The summed E-state index contributed by atoms with van der Waals surface area (Å²) in [4.78, 5) is 13.6. The summed E-state index contributed by atoms with van der Waals surface area (Å²) in [5.41, 5.74) is 0.295. The van der Waals surface area contributed by atoms with Gasteiger partial charge in [0.05, 0.1) is 21.1 Å². The van der Waals surface area contributed by atoms with E-state index in [9.17, 15) is 4.79 Å². The maximum Gasteiger partial charge on any atom is 0.309 e. The second-order valence-corrected chi connectivity index (χ2v) is 12.7. The molecule has 0 bridgehead atoms. The zero-order valence-corrected chi connectivity index (χ0v) is 16.7. The van der Waals surface area contributed by atoms with Crippen LogP contribution in [0.25, 0.3) is 0 Å². The lowest BCUT2D eigenvalue weighted by Gasteiger charge is -2.34. The molecule has 2 aromatic carbocycles. The van der Waals surface area contributed by atoms with E-state index in [0.717, 1.165) is 5.75 Å². The molecule has 0 aliphatic carbocycles. The number of carbonyl (C=O) groups is 1. The highest BCUT2D eigenvalue weighted by Crippen LogP contribution is 2.34. The molecule has 0 N–H and O–H groups in total. The molecule has 2 nitrogen and oxygen atoms in total. The summed E-state index contributed by atoms with van der Waals surface area (Å²) < 4.78 is 5.12. The van der Waals surface area contributed by atoms with Crippen LogP contribution in [0, 0.1) is 5.92 Å². The first-order chi connectivity index (χ1) is 11.5. The van der Waals surface area contributed by atoms with Crippen LogP contribution in [0.4, 0.5) is 0 Å². The number of rotatable bonds is 7. The van der Waals surface area contributed by atoms with Gasteiger partial charge in [-0.05, 0) is 17.7 Å². The van der Waals surface area contributed by atoms with Crippen molar-refractivity contribution in [2.75, 3.05) is 12.9 Å². The van der Waals surface area contributed by atoms with Gasteiger partial charge >= 0.3 is 5.97 Å². The first-order valence-corrected chi connectivity index (χ1v) is 12.3. The Morgan fingerprint density at radius 3 is 2.12 bits per heavy atom. The quantitative estimate of drug-likeness (QED) is 0.412. The third-order valence-electron chi connectivity index (χ3n) is 4.94. The highest BCUT2D eigenvalue weighted by atomic mass is 32.2. The molecule has 4 heteroatoms. The van der Waals surface area contributed by atoms with Crippen molar-refractivity contribution in [3.8, 4) is 0 Å². The number of methoxy groups -OCH3 is 1. The maximum atomic E-state index is 12.4. The number of ether oxygens (including phenoxy) is 1. The predicted molar refractivity (Wildman–Crippen MR) is 106 cm³/mol. The number of hydrogen-bond acceptors (Lipinski definition) is 3. The summed E-state index contributed by atoms with van der Waals surface area (Å²) in [6.45, 7) is 6.90. The molecule has 24 heavy (non-hydrogen) atoms. The van der Waals surface area contributed by atoms with Crippen LogP contribution in [0.2, 0.25) is 18.6 Å². The Bertz CT molecular complexity index is 643. The van der Waals surface area contributed by atoms with Crippen molar-refractivity contribution in [3.63, 3.8) is 0 Å². The van der Waals surface area contributed by atoms with Gasteiger partial charge in [-0.1, -0.05) is 73.7 Å². The molecule has 0 aromatic heterocycles. The molecule has 2 aromatic rings. The van der Waals surface area contributed by atoms with Crippen LogP contribution in [-0.2, 0) is 9.53 Å². The Balaban J connectivity index is 2.18. The van der Waals surface area contributed by atoms with Crippen LogP contribution in [-0.4, -0.2) is 26.9 Å². The number of benzene rings is 2. The molecule has 0 spiro atoms. The van der Waals surface area contributed by atoms with Crippen LogP contribution in [0.1, 0.15) is 6.92 Å². The van der Waals surface area contributed by atoms with E-state index in [1.165, 1.54) is 17.2 Å². The number of hydrogen-bond donors (Lipinski definition) is 0. The van der Waals surface area contributed by atoms with Crippen molar-refractivity contribution in [1.29, 1.82) is 0 Å². The molecule has 2 rings (SSSR count). The smallest absolute Gasteiger partial charge is 0.309 e. The molecule has 0 aliphatic rings. The lowest BCUT2D eigenvalue weighted by atomic mass is 10.1. The highest BCUT2D eigenvalue weighted by molar-refractivity contribution is 7.99. The summed E-state index contributed by atoms with van der Waals surface area (Å²) in [5, 5.41) is 1.39. The van der Waals surface area contributed by atoms with Crippen molar-refractivity contribution in [2.45, 2.75) is 30.5 Å². The van der Waals surface area contributed by atoms with Gasteiger partial charge in [-0.15, -0.1) is 11.8 Å². The topological polar surface area (TPSA) is 26.3 Å². The standard InChI is InChI=1S/C20H26O2SSi/c1-16(24(3,4)18-13-9-6-10-14-18)19(20(21)22-2)15-23-17-11-7-5-8-12-17/h5-14,16,19H,15H2,1-4H3/t16-,19-/m0/s1. The fraction of sp³-hybridized carbons (Fsp3) is 0.350. The van der Waals surface area contributed by atoms with Crippen molar-refractivity contribution in [3.05, 3.63) is 60.7 Å². The molecule has 0 saturated heterocycles. The largest absolute Gasteiger partial charge is 0.469 e. The fourth-order valence-corrected chi connectivity index (χ4v) is 7.06. The fourth-order valence-electron chi connectivity index (χ4n) is 2.90. The van der Waals surface area contributed by atoms with E-state index in [1.54, 1.807) is 11.8 Å². The molecular formula is C20H26O2SSi. The lowest BCUT2D eigenvalue weighted by molar-refractivity contribution is -0.144. The zero-order valence-electron chi connectivity index (χ0n) is 14.9. The summed E-state index contributed by atoms with van der Waals surface area (Å²) in [6.07, 6.45) is 0. The van der Waals surface area contributed by atoms with E-state index in [4.69, 9.17) is 4.74 Å². The van der Waals surface area contributed by atoms with Crippen molar-refractivity contribution >= 4 is 31.0 Å². The minimum absolute atomic E-state index is 0.0950. The van der Waals surface area contributed by atoms with Gasteiger partial charge in [0.1, 0.15) is 0 Å². The summed E-state index contributed by atoms with van der Waals surface area (Å²) >= 11 is 1.73. The summed E-state index contributed by atoms with van der Waals surface area (Å²) in [6, 6.07) is 20.8. The Labute approximate surface area is 150 Å². The third kappa shape index (κ3) is 4.52. The van der Waals surface area contributed by atoms with E-state index in [1.807, 2.05) is 24.3 Å². The zero-order chi connectivity index (χ0) is 17.6. The second kappa shape index (κ2) is 8.54. The molecule has 0 fully saturated rings. The molecule has 0 heterocycles. The number of carbonyl (C=O) groups excluding carboxylic acids is 1. The molecule has 0 saturated carbocycles. The van der Waals surface area contributed by atoms with Gasteiger partial charge in [0.25, 0.3) is 0 Å². The molecule has 0 amide bonds. The van der Waals surface area contributed by atoms with E-state index >= 15 is 0 Å². The minimum atomic E-state index is -1.78. The van der Waals surface area contributed by atoms with Crippen molar-refractivity contribution in [2.24, 2.45) is 5.92 Å². The highest BCUT2D eigenvalue weighted by Gasteiger charge is 2.39. The lowest BCUT2D eigenvalue weighted by Crippen LogP contribution is -2.49. The van der Waals surface area contributed by atoms with E-state index < -0.39 is 8.07 Å². The SMILES string of the molecule is COC(=O)[C@@H](CSc1ccccc1)[C@H](C)[Si](C)(C)c1ccccc1. The number of esters is 1. The van der Waals surface area contributed by atoms with Gasteiger partial charge in [-0.2, -0.15) is 0 Å². The van der Waals surface area contributed by atoms with Crippen LogP contribution < -0.4 is 5.19 Å². The third-order valence-corrected chi connectivity index (χ3v) is 10.6. The average Bonchev–Trinajstić information content (AvgIpc) is 2.63. The summed E-state index contributed by atoms with van der Waals surface area (Å²) in [5.74, 6) is 0.561. The van der Waals surface area contributed by atoms with Crippen LogP contribution in [0.3, 0.4) is 0 Å². The van der Waals surface area contributed by atoms with Crippen molar-refractivity contribution in [1.82, 2.24) is 0 Å². The van der Waals surface area contributed by atoms with Gasteiger partial charge < -0.3 is 4.74 Å². The maximum absolute atomic E-state index is 12.4. The molecule has 0 unspecified atom stereocenters. The Hall–Kier alpha value is -1.52. The molecular weight excluding hydrogens is 332 g/mol. The monoisotopic (exact) mass is 358 g/mol. The van der Waals surface area contributed by atoms with Gasteiger partial charge in [0.2, 0.25) is 0 Å². The average molecular weight is 359 g/mol. The Kier molecular flexibility index (Phi) is 6.69. The van der Waals surface area contributed by atoms with E-state index in [0.29, 0.717) is 5.54 Å². The summed E-state index contributed by atoms with van der Waals surface area (Å²) in [7, 11) is -0.285. The Morgan fingerprint density at radius 1 is 1.04 bits per heavy atom. The molecule has 0 radical (unpaired) electrons. The molecule has 2 atom stereocenters. The van der Waals surface area contributed by atoms with Crippen LogP contribution >= 0.6 is 11.8 Å². The minimum Gasteiger partial charge on any atom is -0.469 e. The van der Waals surface area contributed by atoms with E-state index in [-0.39, 0.29) is 11.9 Å². The number of thioether (sulfide) groups is 1. The van der Waals surface area contributed by atoms with Gasteiger partial charge in [-0.3, -0.25) is 4.79 Å². The van der Waals surface area contributed by atoms with Gasteiger partial charge in [0.15, 0.2) is 0 Å². The van der Waals surface area contributed by atoms with Crippen LogP contribution in [0.15, 0.2) is 65.6 Å². The van der Waals surface area contributed by atoms with Crippen LogP contribution in [0.5, 0.6) is 0 Å². The first kappa shape index (κ1) is 18.8. The molecule has 0 aliphatic heterocycles. The first-order valence-electron chi connectivity index (χ1n) is 8.28. The molecule has 128 valence electrons. The second-order valence-electron chi connectivity index (χ2n) is 6.63.